The van der Waals surface area contributed by atoms with Crippen molar-refractivity contribution in [1.82, 2.24) is 9.99 Å². The first-order valence-electron chi connectivity index (χ1n) is 9.11. The van der Waals surface area contributed by atoms with Crippen LogP contribution in [0.15, 0.2) is 53.6 Å². The molecule has 2 N–H and O–H groups in total. The zero-order valence-corrected chi connectivity index (χ0v) is 18.2. The molecule has 0 aliphatic carbocycles. The van der Waals surface area contributed by atoms with Crippen molar-refractivity contribution in [3.63, 3.8) is 0 Å². The first-order chi connectivity index (χ1) is 14.3. The van der Waals surface area contributed by atoms with Crippen LogP contribution in [0.5, 0.6) is 0 Å². The number of benzene rings is 2. The minimum atomic E-state index is -0.378. The number of nitrogens with zero attached hydrogens (tertiary/aromatic N) is 2. The van der Waals surface area contributed by atoms with Gasteiger partial charge in [-0.1, -0.05) is 29.3 Å². The molecule has 3 rings (SSSR count). The van der Waals surface area contributed by atoms with Crippen LogP contribution in [0.2, 0.25) is 10.0 Å². The fraction of sp³-hybridized carbons (Fsp3) is 0.136. The van der Waals surface area contributed by atoms with E-state index in [1.54, 1.807) is 42.6 Å². The summed E-state index contributed by atoms with van der Waals surface area (Å²) in [6, 6.07) is 14.0. The van der Waals surface area contributed by atoms with Crippen molar-refractivity contribution < 1.29 is 9.59 Å². The zero-order chi connectivity index (χ0) is 21.8. The molecular formula is C22H20Cl2N4O2. The van der Waals surface area contributed by atoms with Crippen molar-refractivity contribution in [2.45, 2.75) is 20.8 Å². The molecule has 0 unspecified atom stereocenters. The van der Waals surface area contributed by atoms with Crippen molar-refractivity contribution in [3.05, 3.63) is 81.1 Å². The molecule has 1 heterocycles. The van der Waals surface area contributed by atoms with Crippen LogP contribution in [0.3, 0.4) is 0 Å². The predicted octanol–water partition coefficient (Wildman–Crippen LogP) is 5.12. The number of aromatic nitrogens is 1. The third kappa shape index (κ3) is 4.90. The lowest BCUT2D eigenvalue weighted by Gasteiger charge is -2.10. The standard InChI is InChI=1S/C22H20Cl2N4O2/c1-13-9-17(14(2)28(13)19-7-8-20(23)21(24)11-19)12-25-27-22(30)16-5-4-6-18(10-16)26-15(3)29/h4-12H,1-3H3,(H,26,29)(H,27,30). The van der Waals surface area contributed by atoms with Crippen molar-refractivity contribution in [2.75, 3.05) is 5.32 Å². The van der Waals surface area contributed by atoms with Gasteiger partial charge in [-0.05, 0) is 56.3 Å². The molecule has 154 valence electrons. The number of amides is 2. The highest BCUT2D eigenvalue weighted by Crippen LogP contribution is 2.27. The third-order valence-corrected chi connectivity index (χ3v) is 5.19. The van der Waals surface area contributed by atoms with Crippen LogP contribution < -0.4 is 10.7 Å². The lowest BCUT2D eigenvalue weighted by atomic mass is 10.2. The highest BCUT2D eigenvalue weighted by Gasteiger charge is 2.11. The van der Waals surface area contributed by atoms with Gasteiger partial charge in [0.05, 0.1) is 16.3 Å². The van der Waals surface area contributed by atoms with E-state index in [0.717, 1.165) is 22.6 Å². The number of hydrogen-bond donors (Lipinski definition) is 2. The van der Waals surface area contributed by atoms with E-state index in [2.05, 4.69) is 15.8 Å². The molecule has 3 aromatic rings. The second kappa shape index (κ2) is 9.15. The fourth-order valence-corrected chi connectivity index (χ4v) is 3.40. The Labute approximate surface area is 184 Å². The van der Waals surface area contributed by atoms with E-state index in [4.69, 9.17) is 23.2 Å². The maximum atomic E-state index is 12.4. The Morgan fingerprint density at radius 3 is 2.50 bits per heavy atom. The highest BCUT2D eigenvalue weighted by atomic mass is 35.5. The Kier molecular flexibility index (Phi) is 6.59. The van der Waals surface area contributed by atoms with Gasteiger partial charge in [0.15, 0.2) is 0 Å². The third-order valence-electron chi connectivity index (χ3n) is 4.45. The van der Waals surface area contributed by atoms with Crippen molar-refractivity contribution in [1.29, 1.82) is 0 Å². The van der Waals surface area contributed by atoms with Gasteiger partial charge in [-0.3, -0.25) is 9.59 Å². The smallest absolute Gasteiger partial charge is 0.271 e. The Bertz CT molecular complexity index is 1150. The van der Waals surface area contributed by atoms with E-state index in [1.807, 2.05) is 30.5 Å². The fourth-order valence-electron chi connectivity index (χ4n) is 3.11. The van der Waals surface area contributed by atoms with Crippen LogP contribution in [-0.4, -0.2) is 22.6 Å². The summed E-state index contributed by atoms with van der Waals surface area (Å²) in [5, 5.41) is 7.69. The summed E-state index contributed by atoms with van der Waals surface area (Å²) < 4.78 is 2.03. The molecule has 0 atom stereocenters. The van der Waals surface area contributed by atoms with E-state index in [1.165, 1.54) is 6.92 Å². The topological polar surface area (TPSA) is 75.5 Å². The summed E-state index contributed by atoms with van der Waals surface area (Å²) in [7, 11) is 0. The molecule has 2 amide bonds. The quantitative estimate of drug-likeness (QED) is 0.424. The Balaban J connectivity index is 1.76. The first kappa shape index (κ1) is 21.6. The molecule has 2 aromatic carbocycles. The van der Waals surface area contributed by atoms with Gasteiger partial charge in [0.1, 0.15) is 0 Å². The highest BCUT2D eigenvalue weighted by molar-refractivity contribution is 6.42. The van der Waals surface area contributed by atoms with E-state index in [0.29, 0.717) is 21.3 Å². The van der Waals surface area contributed by atoms with E-state index in [-0.39, 0.29) is 11.8 Å². The molecule has 0 bridgehead atoms. The minimum absolute atomic E-state index is 0.206. The Morgan fingerprint density at radius 1 is 1.03 bits per heavy atom. The van der Waals surface area contributed by atoms with Crippen LogP contribution in [0.4, 0.5) is 5.69 Å². The Hall–Kier alpha value is -3.09. The van der Waals surface area contributed by atoms with Gasteiger partial charge in [0.2, 0.25) is 5.91 Å². The summed E-state index contributed by atoms with van der Waals surface area (Å²) in [4.78, 5) is 23.5. The molecular weight excluding hydrogens is 423 g/mol. The molecule has 0 spiro atoms. The average Bonchev–Trinajstić information content (AvgIpc) is 2.97. The summed E-state index contributed by atoms with van der Waals surface area (Å²) in [6.07, 6.45) is 1.59. The van der Waals surface area contributed by atoms with Crippen LogP contribution in [0, 0.1) is 13.8 Å². The molecule has 1 aromatic heterocycles. The summed E-state index contributed by atoms with van der Waals surface area (Å²) in [6.45, 7) is 5.33. The maximum absolute atomic E-state index is 12.4. The number of rotatable bonds is 5. The number of anilines is 1. The predicted molar refractivity (Wildman–Crippen MR) is 121 cm³/mol. The van der Waals surface area contributed by atoms with Crippen LogP contribution in [0.1, 0.15) is 34.2 Å². The molecule has 30 heavy (non-hydrogen) atoms. The van der Waals surface area contributed by atoms with Gasteiger partial charge in [-0.15, -0.1) is 0 Å². The van der Waals surface area contributed by atoms with Crippen molar-refractivity contribution in [3.8, 4) is 5.69 Å². The van der Waals surface area contributed by atoms with Gasteiger partial charge < -0.3 is 9.88 Å². The summed E-state index contributed by atoms with van der Waals surface area (Å²) in [5.41, 5.74) is 7.11. The van der Waals surface area contributed by atoms with Gasteiger partial charge in [0, 0.05) is 40.8 Å². The minimum Gasteiger partial charge on any atom is -0.326 e. The van der Waals surface area contributed by atoms with Crippen molar-refractivity contribution in [2.24, 2.45) is 5.10 Å². The molecule has 0 aliphatic rings. The van der Waals surface area contributed by atoms with Crippen LogP contribution in [0.25, 0.3) is 5.69 Å². The molecule has 6 nitrogen and oxygen atoms in total. The number of carbonyl (C=O) groups excluding carboxylic acids is 2. The van der Waals surface area contributed by atoms with E-state index in [9.17, 15) is 9.59 Å². The molecule has 0 aliphatic heterocycles. The molecule has 0 saturated carbocycles. The SMILES string of the molecule is CC(=O)Nc1cccc(C(=O)NN=Cc2cc(C)n(-c3ccc(Cl)c(Cl)c3)c2C)c1. The number of carbonyl (C=O) groups is 2. The van der Waals surface area contributed by atoms with E-state index < -0.39 is 0 Å². The molecule has 0 fully saturated rings. The van der Waals surface area contributed by atoms with Gasteiger partial charge >= 0.3 is 0 Å². The lowest BCUT2D eigenvalue weighted by Crippen LogP contribution is -2.18. The van der Waals surface area contributed by atoms with Crippen LogP contribution in [-0.2, 0) is 4.79 Å². The summed E-state index contributed by atoms with van der Waals surface area (Å²) in [5.74, 6) is -0.584. The zero-order valence-electron chi connectivity index (χ0n) is 16.7. The number of halogens is 2. The number of hydrogen-bond acceptors (Lipinski definition) is 3. The van der Waals surface area contributed by atoms with Gasteiger partial charge in [0.25, 0.3) is 5.91 Å². The molecule has 0 radical (unpaired) electrons. The number of hydrazone groups is 1. The monoisotopic (exact) mass is 442 g/mol. The van der Waals surface area contributed by atoms with Gasteiger partial charge in [-0.2, -0.15) is 5.10 Å². The number of aryl methyl sites for hydroxylation is 1. The largest absolute Gasteiger partial charge is 0.326 e. The Morgan fingerprint density at radius 2 is 1.80 bits per heavy atom. The normalized spacial score (nSPS) is 11.0. The lowest BCUT2D eigenvalue weighted by molar-refractivity contribution is -0.114. The maximum Gasteiger partial charge on any atom is 0.271 e. The van der Waals surface area contributed by atoms with Gasteiger partial charge in [-0.25, -0.2) is 5.43 Å². The first-order valence-corrected chi connectivity index (χ1v) is 9.87. The van der Waals surface area contributed by atoms with E-state index >= 15 is 0 Å². The summed E-state index contributed by atoms with van der Waals surface area (Å²) >= 11 is 12.2. The average molecular weight is 443 g/mol. The molecule has 0 saturated heterocycles. The second-order valence-corrected chi connectivity index (χ2v) is 7.54. The van der Waals surface area contributed by atoms with Crippen molar-refractivity contribution >= 4 is 46.9 Å². The second-order valence-electron chi connectivity index (χ2n) is 6.72. The number of nitrogens with one attached hydrogen (secondary N) is 2. The van der Waals surface area contributed by atoms with Crippen LogP contribution >= 0.6 is 23.2 Å². The molecule has 8 heteroatoms.